The Kier molecular flexibility index (Phi) is 5.66. The summed E-state index contributed by atoms with van der Waals surface area (Å²) in [7, 11) is -3.61. The molecule has 3 rings (SSSR count). The molecule has 0 radical (unpaired) electrons. The molecular weight excluding hydrogens is 386 g/mol. The lowest BCUT2D eigenvalue weighted by Crippen LogP contribution is -2.24. The van der Waals surface area contributed by atoms with E-state index in [2.05, 4.69) is 16.6 Å². The molecule has 1 aliphatic rings. The number of ether oxygens (including phenoxy) is 2. The first-order valence-electron chi connectivity index (χ1n) is 8.41. The lowest BCUT2D eigenvalue weighted by molar-refractivity contribution is 0.133. The molecule has 5 nitrogen and oxygen atoms in total. The van der Waals surface area contributed by atoms with E-state index in [1.807, 2.05) is 32.0 Å². The predicted octanol–water partition coefficient (Wildman–Crippen LogP) is 3.41. The SMILES string of the molecule is CC1(C)Cc2cccc(OCC#CCNS(=O)(=O)c3ccc(Cl)cc3)c2O1. The Morgan fingerprint density at radius 2 is 1.93 bits per heavy atom. The van der Waals surface area contributed by atoms with Crippen LogP contribution in [0, 0.1) is 11.8 Å². The van der Waals surface area contributed by atoms with Crippen LogP contribution >= 0.6 is 11.6 Å². The van der Waals surface area contributed by atoms with Crippen LogP contribution in [0.3, 0.4) is 0 Å². The number of para-hydroxylation sites is 1. The number of nitrogens with one attached hydrogen (secondary N) is 1. The van der Waals surface area contributed by atoms with E-state index < -0.39 is 10.0 Å². The van der Waals surface area contributed by atoms with Crippen molar-refractivity contribution in [2.45, 2.75) is 30.8 Å². The van der Waals surface area contributed by atoms with Crippen LogP contribution in [0.15, 0.2) is 47.4 Å². The molecule has 7 heteroatoms. The molecule has 0 unspecified atom stereocenters. The molecule has 0 amide bonds. The molecule has 142 valence electrons. The van der Waals surface area contributed by atoms with Gasteiger partial charge in [-0.25, -0.2) is 8.42 Å². The Morgan fingerprint density at radius 1 is 1.19 bits per heavy atom. The minimum atomic E-state index is -3.61. The molecule has 0 saturated heterocycles. The molecule has 0 spiro atoms. The summed E-state index contributed by atoms with van der Waals surface area (Å²) < 4.78 is 38.3. The summed E-state index contributed by atoms with van der Waals surface area (Å²) in [6.07, 6.45) is 0.831. The van der Waals surface area contributed by atoms with Gasteiger partial charge in [-0.05, 0) is 44.2 Å². The zero-order chi connectivity index (χ0) is 19.5. The van der Waals surface area contributed by atoms with Crippen LogP contribution in [-0.4, -0.2) is 27.2 Å². The fourth-order valence-corrected chi connectivity index (χ4v) is 3.81. The second-order valence-electron chi connectivity index (χ2n) is 6.70. The molecule has 2 aromatic rings. The normalized spacial score (nSPS) is 14.6. The van der Waals surface area contributed by atoms with Crippen LogP contribution in [0.25, 0.3) is 0 Å². The highest BCUT2D eigenvalue weighted by molar-refractivity contribution is 7.89. The minimum absolute atomic E-state index is 0.00918. The number of sulfonamides is 1. The summed E-state index contributed by atoms with van der Waals surface area (Å²) in [4.78, 5) is 0.143. The van der Waals surface area contributed by atoms with Crippen molar-refractivity contribution in [3.63, 3.8) is 0 Å². The molecule has 2 aromatic carbocycles. The zero-order valence-electron chi connectivity index (χ0n) is 15.1. The first-order chi connectivity index (χ1) is 12.8. The molecule has 0 saturated carbocycles. The summed E-state index contributed by atoms with van der Waals surface area (Å²) in [6, 6.07) is 11.7. The Bertz CT molecular complexity index is 989. The molecule has 27 heavy (non-hydrogen) atoms. The third-order valence-electron chi connectivity index (χ3n) is 3.95. The number of benzene rings is 2. The van der Waals surface area contributed by atoms with Crippen LogP contribution in [0.1, 0.15) is 19.4 Å². The summed E-state index contributed by atoms with van der Waals surface area (Å²) in [5.74, 6) is 6.95. The third-order valence-corrected chi connectivity index (χ3v) is 5.62. The highest BCUT2D eigenvalue weighted by Gasteiger charge is 2.32. The number of halogens is 1. The van der Waals surface area contributed by atoms with Gasteiger partial charge in [0.15, 0.2) is 11.5 Å². The van der Waals surface area contributed by atoms with E-state index in [9.17, 15) is 8.42 Å². The average Bonchev–Trinajstić information content (AvgIpc) is 2.93. The molecule has 1 heterocycles. The van der Waals surface area contributed by atoms with Gasteiger partial charge in [0.25, 0.3) is 0 Å². The van der Waals surface area contributed by atoms with E-state index in [0.717, 1.165) is 17.7 Å². The van der Waals surface area contributed by atoms with Crippen molar-refractivity contribution < 1.29 is 17.9 Å². The first-order valence-corrected chi connectivity index (χ1v) is 10.3. The lowest BCUT2D eigenvalue weighted by atomic mass is 10.0. The van der Waals surface area contributed by atoms with Crippen molar-refractivity contribution in [3.05, 3.63) is 53.1 Å². The maximum atomic E-state index is 12.1. The molecular formula is C20H20ClNO4S. The highest BCUT2D eigenvalue weighted by Crippen LogP contribution is 2.41. The third kappa shape index (κ3) is 4.95. The van der Waals surface area contributed by atoms with E-state index in [1.54, 1.807) is 0 Å². The maximum absolute atomic E-state index is 12.1. The molecule has 0 aromatic heterocycles. The van der Waals surface area contributed by atoms with E-state index in [-0.39, 0.29) is 23.6 Å². The van der Waals surface area contributed by atoms with E-state index in [4.69, 9.17) is 21.1 Å². The average molecular weight is 406 g/mol. The molecule has 0 bridgehead atoms. The monoisotopic (exact) mass is 405 g/mol. The lowest BCUT2D eigenvalue weighted by Gasteiger charge is -2.17. The van der Waals surface area contributed by atoms with E-state index in [1.165, 1.54) is 24.3 Å². The Hall–Kier alpha value is -2.20. The number of hydrogen-bond acceptors (Lipinski definition) is 4. The van der Waals surface area contributed by atoms with Gasteiger partial charge >= 0.3 is 0 Å². The van der Waals surface area contributed by atoms with Crippen LogP contribution < -0.4 is 14.2 Å². The van der Waals surface area contributed by atoms with Crippen LogP contribution in [0.5, 0.6) is 11.5 Å². The maximum Gasteiger partial charge on any atom is 0.241 e. The van der Waals surface area contributed by atoms with E-state index >= 15 is 0 Å². The summed E-state index contributed by atoms with van der Waals surface area (Å²) in [5, 5.41) is 0.477. The Labute approximate surface area is 164 Å². The van der Waals surface area contributed by atoms with Crippen molar-refractivity contribution in [3.8, 4) is 23.3 Å². The Morgan fingerprint density at radius 3 is 2.67 bits per heavy atom. The van der Waals surface area contributed by atoms with Crippen LogP contribution in [0.2, 0.25) is 5.02 Å². The van der Waals surface area contributed by atoms with Crippen LogP contribution in [-0.2, 0) is 16.4 Å². The quantitative estimate of drug-likeness (QED) is 0.774. The van der Waals surface area contributed by atoms with Gasteiger partial charge in [-0.1, -0.05) is 35.6 Å². The number of fused-ring (bicyclic) bond motifs is 1. The van der Waals surface area contributed by atoms with Gasteiger partial charge in [-0.3, -0.25) is 0 Å². The summed E-state index contributed by atoms with van der Waals surface area (Å²) in [6.45, 7) is 4.19. The Balaban J connectivity index is 1.53. The van der Waals surface area contributed by atoms with Crippen molar-refractivity contribution in [1.29, 1.82) is 0 Å². The van der Waals surface area contributed by atoms with Crippen molar-refractivity contribution in [2.75, 3.05) is 13.2 Å². The number of rotatable bonds is 5. The molecule has 1 N–H and O–H groups in total. The summed E-state index contributed by atoms with van der Waals surface area (Å²) in [5.41, 5.74) is 0.870. The van der Waals surface area contributed by atoms with Gasteiger partial charge in [0.2, 0.25) is 10.0 Å². The van der Waals surface area contributed by atoms with Gasteiger partial charge < -0.3 is 9.47 Å². The van der Waals surface area contributed by atoms with E-state index in [0.29, 0.717) is 10.8 Å². The van der Waals surface area contributed by atoms with Gasteiger partial charge in [-0.15, -0.1) is 0 Å². The van der Waals surface area contributed by atoms with Gasteiger partial charge in [-0.2, -0.15) is 4.72 Å². The van der Waals surface area contributed by atoms with Crippen molar-refractivity contribution in [1.82, 2.24) is 4.72 Å². The molecule has 0 atom stereocenters. The summed E-state index contributed by atoms with van der Waals surface area (Å²) >= 11 is 5.76. The van der Waals surface area contributed by atoms with Crippen LogP contribution in [0.4, 0.5) is 0 Å². The fourth-order valence-electron chi connectivity index (χ4n) is 2.76. The smallest absolute Gasteiger partial charge is 0.241 e. The van der Waals surface area contributed by atoms with Crippen molar-refractivity contribution >= 4 is 21.6 Å². The second kappa shape index (κ2) is 7.81. The predicted molar refractivity (Wildman–Crippen MR) is 105 cm³/mol. The second-order valence-corrected chi connectivity index (χ2v) is 8.91. The number of hydrogen-bond donors (Lipinski definition) is 1. The van der Waals surface area contributed by atoms with Gasteiger partial charge in [0.05, 0.1) is 11.4 Å². The first kappa shape index (κ1) is 19.6. The topological polar surface area (TPSA) is 64.6 Å². The molecule has 0 fully saturated rings. The fraction of sp³-hybridized carbons (Fsp3) is 0.300. The molecule has 1 aliphatic heterocycles. The standard InChI is InChI=1S/C20H20ClNO4S/c1-20(2)14-15-6-5-7-18(19(15)26-20)25-13-4-3-12-22-27(23,24)17-10-8-16(21)9-11-17/h5-11,22H,12-14H2,1-2H3. The van der Waals surface area contributed by atoms with Gasteiger partial charge in [0, 0.05) is 17.0 Å². The van der Waals surface area contributed by atoms with Gasteiger partial charge in [0.1, 0.15) is 12.2 Å². The molecule has 0 aliphatic carbocycles. The highest BCUT2D eigenvalue weighted by atomic mass is 35.5. The largest absolute Gasteiger partial charge is 0.483 e. The zero-order valence-corrected chi connectivity index (χ0v) is 16.7. The van der Waals surface area contributed by atoms with Crippen molar-refractivity contribution in [2.24, 2.45) is 0 Å². The minimum Gasteiger partial charge on any atom is -0.483 e.